The van der Waals surface area contributed by atoms with E-state index in [0.717, 1.165) is 36.8 Å². The van der Waals surface area contributed by atoms with E-state index in [4.69, 9.17) is 0 Å². The third kappa shape index (κ3) is 3.93. The molecule has 24 heavy (non-hydrogen) atoms. The minimum atomic E-state index is -0.114. The molecule has 0 unspecified atom stereocenters. The maximum Gasteiger partial charge on any atom is 0.241 e. The third-order valence-electron chi connectivity index (χ3n) is 4.50. The molecule has 1 aliphatic heterocycles. The summed E-state index contributed by atoms with van der Waals surface area (Å²) in [5.74, 6) is -0.0973. The number of nitrogens with one attached hydrogen (secondary N) is 1. The summed E-state index contributed by atoms with van der Waals surface area (Å²) in [5, 5.41) is 8.14. The van der Waals surface area contributed by atoms with Crippen LogP contribution in [-0.4, -0.2) is 46.1 Å². The number of piperidine rings is 1. The van der Waals surface area contributed by atoms with Crippen LogP contribution in [0, 0.1) is 6.92 Å². The summed E-state index contributed by atoms with van der Waals surface area (Å²) in [5.41, 5.74) is 2.20. The van der Waals surface area contributed by atoms with Crippen molar-refractivity contribution < 1.29 is 9.59 Å². The molecule has 1 saturated heterocycles. The molecule has 0 aliphatic carbocycles. The van der Waals surface area contributed by atoms with Crippen molar-refractivity contribution in [3.05, 3.63) is 30.0 Å². The van der Waals surface area contributed by atoms with Crippen LogP contribution < -0.4 is 5.32 Å². The number of carbonyl (C=O) groups is 2. The van der Waals surface area contributed by atoms with Gasteiger partial charge in [0.1, 0.15) is 0 Å². The second-order valence-electron chi connectivity index (χ2n) is 6.40. The number of amides is 2. The minimum absolute atomic E-state index is 0.0169. The smallest absolute Gasteiger partial charge is 0.241 e. The van der Waals surface area contributed by atoms with Crippen LogP contribution in [0.1, 0.15) is 31.2 Å². The molecule has 2 amide bonds. The summed E-state index contributed by atoms with van der Waals surface area (Å²) in [6.07, 6.45) is 5.44. The van der Waals surface area contributed by atoms with Crippen LogP contribution in [0.5, 0.6) is 0 Å². The van der Waals surface area contributed by atoms with Gasteiger partial charge in [-0.2, -0.15) is 5.10 Å². The van der Waals surface area contributed by atoms with Crippen LogP contribution in [0.25, 0.3) is 10.9 Å². The van der Waals surface area contributed by atoms with Crippen LogP contribution in [0.2, 0.25) is 0 Å². The largest absolute Gasteiger partial charge is 0.347 e. The van der Waals surface area contributed by atoms with Crippen LogP contribution in [0.15, 0.2) is 24.4 Å². The van der Waals surface area contributed by atoms with Crippen LogP contribution in [0.4, 0.5) is 0 Å². The molecule has 1 fully saturated rings. The van der Waals surface area contributed by atoms with E-state index < -0.39 is 0 Å². The monoisotopic (exact) mass is 328 g/mol. The van der Waals surface area contributed by atoms with E-state index in [-0.39, 0.29) is 18.4 Å². The number of fused-ring (bicyclic) bond motifs is 1. The Morgan fingerprint density at radius 1 is 1.21 bits per heavy atom. The summed E-state index contributed by atoms with van der Waals surface area (Å²) >= 11 is 0. The van der Waals surface area contributed by atoms with E-state index in [9.17, 15) is 9.59 Å². The van der Waals surface area contributed by atoms with Gasteiger partial charge in [0.05, 0.1) is 24.8 Å². The van der Waals surface area contributed by atoms with E-state index in [1.54, 1.807) is 0 Å². The standard InChI is InChI=1S/C18H24N4O2/c1-14-5-6-15-12-20-22(16(15)11-14)10-7-17(23)19-13-18(24)21-8-3-2-4-9-21/h5-6,11-12H,2-4,7-10,13H2,1H3,(H,19,23). The zero-order valence-electron chi connectivity index (χ0n) is 14.1. The average Bonchev–Trinajstić information content (AvgIpc) is 3.00. The molecule has 0 atom stereocenters. The van der Waals surface area contributed by atoms with Crippen LogP contribution >= 0.6 is 0 Å². The van der Waals surface area contributed by atoms with Crippen molar-refractivity contribution in [2.45, 2.75) is 39.2 Å². The number of hydrogen-bond acceptors (Lipinski definition) is 3. The van der Waals surface area contributed by atoms with E-state index >= 15 is 0 Å². The lowest BCUT2D eigenvalue weighted by Crippen LogP contribution is -2.42. The zero-order valence-corrected chi connectivity index (χ0v) is 14.1. The summed E-state index contributed by atoms with van der Waals surface area (Å²) in [6.45, 7) is 4.27. The van der Waals surface area contributed by atoms with Gasteiger partial charge in [-0.05, 0) is 37.8 Å². The van der Waals surface area contributed by atoms with Crippen LogP contribution in [-0.2, 0) is 16.1 Å². The fraction of sp³-hybridized carbons (Fsp3) is 0.500. The summed E-state index contributed by atoms with van der Waals surface area (Å²) in [6, 6.07) is 6.15. The van der Waals surface area contributed by atoms with Gasteiger partial charge >= 0.3 is 0 Å². The highest BCUT2D eigenvalue weighted by atomic mass is 16.2. The number of rotatable bonds is 5. The molecule has 6 nitrogen and oxygen atoms in total. The Morgan fingerprint density at radius 3 is 2.79 bits per heavy atom. The highest BCUT2D eigenvalue weighted by Gasteiger charge is 2.16. The second kappa shape index (κ2) is 7.47. The molecule has 128 valence electrons. The van der Waals surface area contributed by atoms with E-state index in [1.165, 1.54) is 12.0 Å². The molecule has 1 aromatic heterocycles. The number of nitrogens with zero attached hydrogens (tertiary/aromatic N) is 3. The number of hydrogen-bond donors (Lipinski definition) is 1. The quantitative estimate of drug-likeness (QED) is 0.911. The normalized spacial score (nSPS) is 14.8. The Bertz CT molecular complexity index is 732. The molecular weight excluding hydrogens is 304 g/mol. The van der Waals surface area contributed by atoms with Crippen molar-refractivity contribution in [1.29, 1.82) is 0 Å². The fourth-order valence-electron chi connectivity index (χ4n) is 3.08. The number of benzene rings is 1. The number of aromatic nitrogens is 2. The first-order valence-electron chi connectivity index (χ1n) is 8.60. The Balaban J connectivity index is 1.48. The van der Waals surface area contributed by atoms with E-state index in [2.05, 4.69) is 16.5 Å². The first kappa shape index (κ1) is 16.5. The maximum atomic E-state index is 12.0. The Hall–Kier alpha value is -2.37. The van der Waals surface area contributed by atoms with Gasteiger partial charge in [0, 0.05) is 24.9 Å². The first-order chi connectivity index (χ1) is 11.6. The Labute approximate surface area is 141 Å². The van der Waals surface area contributed by atoms with Gasteiger partial charge in [0.2, 0.25) is 11.8 Å². The molecule has 1 aromatic carbocycles. The molecule has 3 rings (SSSR count). The van der Waals surface area contributed by atoms with Crippen molar-refractivity contribution >= 4 is 22.7 Å². The lowest BCUT2D eigenvalue weighted by atomic mass is 10.1. The number of likely N-dealkylation sites (tertiary alicyclic amines) is 1. The van der Waals surface area contributed by atoms with Gasteiger partial charge in [-0.25, -0.2) is 0 Å². The fourth-order valence-corrected chi connectivity index (χ4v) is 3.08. The van der Waals surface area contributed by atoms with Crippen molar-refractivity contribution in [2.75, 3.05) is 19.6 Å². The van der Waals surface area contributed by atoms with Gasteiger partial charge in [-0.3, -0.25) is 14.3 Å². The highest BCUT2D eigenvalue weighted by molar-refractivity contribution is 5.85. The zero-order chi connectivity index (χ0) is 16.9. The highest BCUT2D eigenvalue weighted by Crippen LogP contribution is 2.15. The van der Waals surface area contributed by atoms with Crippen molar-refractivity contribution in [2.24, 2.45) is 0 Å². The lowest BCUT2D eigenvalue weighted by Gasteiger charge is -2.26. The minimum Gasteiger partial charge on any atom is -0.347 e. The Morgan fingerprint density at radius 2 is 2.00 bits per heavy atom. The second-order valence-corrected chi connectivity index (χ2v) is 6.40. The first-order valence-corrected chi connectivity index (χ1v) is 8.60. The summed E-state index contributed by atoms with van der Waals surface area (Å²) in [7, 11) is 0. The average molecular weight is 328 g/mol. The molecule has 1 N–H and O–H groups in total. The van der Waals surface area contributed by atoms with Gasteiger partial charge in [0.15, 0.2) is 0 Å². The molecule has 1 aliphatic rings. The molecule has 2 aromatic rings. The molecule has 0 spiro atoms. The van der Waals surface area contributed by atoms with Crippen LogP contribution in [0.3, 0.4) is 0 Å². The van der Waals surface area contributed by atoms with Gasteiger partial charge < -0.3 is 10.2 Å². The Kier molecular flexibility index (Phi) is 5.13. The summed E-state index contributed by atoms with van der Waals surface area (Å²) < 4.78 is 1.84. The van der Waals surface area contributed by atoms with E-state index in [0.29, 0.717) is 13.0 Å². The molecule has 0 radical (unpaired) electrons. The van der Waals surface area contributed by atoms with E-state index in [1.807, 2.05) is 34.8 Å². The third-order valence-corrected chi connectivity index (χ3v) is 4.50. The molecule has 6 heteroatoms. The van der Waals surface area contributed by atoms with Crippen molar-refractivity contribution in [1.82, 2.24) is 20.0 Å². The summed E-state index contributed by atoms with van der Waals surface area (Å²) in [4.78, 5) is 25.9. The molecular formula is C18H24N4O2. The van der Waals surface area contributed by atoms with Gasteiger partial charge in [0.25, 0.3) is 0 Å². The van der Waals surface area contributed by atoms with Gasteiger partial charge in [-0.15, -0.1) is 0 Å². The predicted octanol–water partition coefficient (Wildman–Crippen LogP) is 1.86. The number of aryl methyl sites for hydroxylation is 2. The topological polar surface area (TPSA) is 67.2 Å². The molecule has 2 heterocycles. The predicted molar refractivity (Wildman–Crippen MR) is 92.5 cm³/mol. The van der Waals surface area contributed by atoms with Crippen molar-refractivity contribution in [3.8, 4) is 0 Å². The van der Waals surface area contributed by atoms with Gasteiger partial charge in [-0.1, -0.05) is 12.1 Å². The SMILES string of the molecule is Cc1ccc2cnn(CCC(=O)NCC(=O)N3CCCCC3)c2c1. The lowest BCUT2D eigenvalue weighted by molar-refractivity contribution is -0.133. The molecule has 0 bridgehead atoms. The maximum absolute atomic E-state index is 12.0. The van der Waals surface area contributed by atoms with Crippen molar-refractivity contribution in [3.63, 3.8) is 0 Å². The number of carbonyl (C=O) groups excluding carboxylic acids is 2. The molecule has 0 saturated carbocycles.